The molecule has 0 spiro atoms. The van der Waals surface area contributed by atoms with Crippen molar-refractivity contribution in [2.75, 3.05) is 26.2 Å². The molecule has 0 saturated carbocycles. The van der Waals surface area contributed by atoms with E-state index in [0.717, 1.165) is 16.8 Å². The molecule has 0 bridgehead atoms. The van der Waals surface area contributed by atoms with E-state index >= 15 is 0 Å². The number of benzene rings is 2. The average molecular weight is 325 g/mol. The lowest BCUT2D eigenvalue weighted by atomic mass is 10.0. The number of anilines is 1. The molecule has 2 aromatic rings. The van der Waals surface area contributed by atoms with Crippen LogP contribution in [0.5, 0.6) is 11.5 Å². The van der Waals surface area contributed by atoms with Gasteiger partial charge in [0.25, 0.3) is 5.91 Å². The fourth-order valence-corrected chi connectivity index (χ4v) is 2.55. The van der Waals surface area contributed by atoms with E-state index in [-0.39, 0.29) is 5.91 Å². The lowest BCUT2D eigenvalue weighted by molar-refractivity contribution is 0.0992. The van der Waals surface area contributed by atoms with Gasteiger partial charge in [-0.25, -0.2) is 0 Å². The zero-order valence-corrected chi connectivity index (χ0v) is 14.6. The predicted molar refractivity (Wildman–Crippen MR) is 97.4 cm³/mol. The van der Waals surface area contributed by atoms with E-state index in [9.17, 15) is 4.79 Å². The Balaban J connectivity index is 2.42. The molecule has 2 aromatic carbocycles. The van der Waals surface area contributed by atoms with Crippen LogP contribution < -0.4 is 14.4 Å². The number of hydrogen-bond donors (Lipinski definition) is 0. The zero-order chi connectivity index (χ0) is 17.7. The van der Waals surface area contributed by atoms with Crippen molar-refractivity contribution in [3.63, 3.8) is 0 Å². The SMILES string of the molecule is C=CCc1cc(C(=O)N(C)c2ccc(C)cc2)cc(OC)c1OC. The summed E-state index contributed by atoms with van der Waals surface area (Å²) in [6, 6.07) is 11.4. The molecule has 0 fully saturated rings. The van der Waals surface area contributed by atoms with E-state index in [0.29, 0.717) is 23.5 Å². The summed E-state index contributed by atoms with van der Waals surface area (Å²) in [6.45, 7) is 5.78. The molecule has 0 saturated heterocycles. The number of allylic oxidation sites excluding steroid dienone is 1. The van der Waals surface area contributed by atoms with Gasteiger partial charge in [-0.15, -0.1) is 6.58 Å². The number of aryl methyl sites for hydroxylation is 1. The maximum atomic E-state index is 12.9. The number of rotatable bonds is 6. The van der Waals surface area contributed by atoms with Crippen LogP contribution in [0.4, 0.5) is 5.69 Å². The molecule has 4 nitrogen and oxygen atoms in total. The zero-order valence-electron chi connectivity index (χ0n) is 14.6. The molecule has 0 N–H and O–H groups in total. The molecule has 0 atom stereocenters. The number of nitrogens with zero attached hydrogens (tertiary/aromatic N) is 1. The Morgan fingerprint density at radius 2 is 1.83 bits per heavy atom. The third-order valence-corrected chi connectivity index (χ3v) is 3.89. The van der Waals surface area contributed by atoms with Crippen LogP contribution >= 0.6 is 0 Å². The van der Waals surface area contributed by atoms with Gasteiger partial charge in [0.2, 0.25) is 0 Å². The normalized spacial score (nSPS) is 10.2. The highest BCUT2D eigenvalue weighted by atomic mass is 16.5. The summed E-state index contributed by atoms with van der Waals surface area (Å²) < 4.78 is 10.8. The van der Waals surface area contributed by atoms with E-state index in [2.05, 4.69) is 6.58 Å². The second kappa shape index (κ2) is 7.68. The van der Waals surface area contributed by atoms with Gasteiger partial charge in [-0.05, 0) is 37.6 Å². The van der Waals surface area contributed by atoms with Crippen molar-refractivity contribution in [3.05, 3.63) is 65.7 Å². The van der Waals surface area contributed by atoms with Crippen LogP contribution in [0.3, 0.4) is 0 Å². The fraction of sp³-hybridized carbons (Fsp3) is 0.250. The van der Waals surface area contributed by atoms with Crippen molar-refractivity contribution in [2.24, 2.45) is 0 Å². The third kappa shape index (κ3) is 3.59. The maximum Gasteiger partial charge on any atom is 0.258 e. The molecule has 0 heterocycles. The van der Waals surface area contributed by atoms with E-state index < -0.39 is 0 Å². The molecule has 0 aliphatic heterocycles. The van der Waals surface area contributed by atoms with Crippen molar-refractivity contribution in [1.82, 2.24) is 0 Å². The summed E-state index contributed by atoms with van der Waals surface area (Å²) in [4.78, 5) is 14.5. The van der Waals surface area contributed by atoms with Gasteiger partial charge in [0.05, 0.1) is 14.2 Å². The molecule has 0 aliphatic carbocycles. The van der Waals surface area contributed by atoms with Gasteiger partial charge in [0.1, 0.15) is 0 Å². The standard InChI is InChI=1S/C20H23NO3/c1-6-7-15-12-16(13-18(23-4)19(15)24-5)20(22)21(3)17-10-8-14(2)9-11-17/h6,8-13H,1,7H2,2-5H3. The molecule has 0 radical (unpaired) electrons. The van der Waals surface area contributed by atoms with E-state index in [1.807, 2.05) is 37.3 Å². The monoisotopic (exact) mass is 325 g/mol. The van der Waals surface area contributed by atoms with Crippen molar-refractivity contribution < 1.29 is 14.3 Å². The first-order valence-electron chi connectivity index (χ1n) is 7.72. The topological polar surface area (TPSA) is 38.8 Å². The first-order valence-corrected chi connectivity index (χ1v) is 7.72. The van der Waals surface area contributed by atoms with Gasteiger partial charge in [-0.2, -0.15) is 0 Å². The van der Waals surface area contributed by atoms with Crippen LogP contribution in [0.15, 0.2) is 49.1 Å². The molecule has 0 aromatic heterocycles. The largest absolute Gasteiger partial charge is 0.493 e. The number of amides is 1. The Morgan fingerprint density at radius 3 is 2.38 bits per heavy atom. The first kappa shape index (κ1) is 17.6. The second-order valence-electron chi connectivity index (χ2n) is 5.56. The Hall–Kier alpha value is -2.75. The molecule has 24 heavy (non-hydrogen) atoms. The summed E-state index contributed by atoms with van der Waals surface area (Å²) in [5.74, 6) is 1.06. The minimum absolute atomic E-state index is 0.106. The second-order valence-corrected chi connectivity index (χ2v) is 5.56. The van der Waals surface area contributed by atoms with Gasteiger partial charge >= 0.3 is 0 Å². The van der Waals surface area contributed by atoms with Crippen LogP contribution in [-0.2, 0) is 6.42 Å². The van der Waals surface area contributed by atoms with Gasteiger partial charge in [-0.1, -0.05) is 23.8 Å². The van der Waals surface area contributed by atoms with Crippen LogP contribution in [0, 0.1) is 6.92 Å². The molecule has 0 aliphatic rings. The van der Waals surface area contributed by atoms with Crippen molar-refractivity contribution >= 4 is 11.6 Å². The van der Waals surface area contributed by atoms with Gasteiger partial charge < -0.3 is 14.4 Å². The molecular formula is C20H23NO3. The van der Waals surface area contributed by atoms with Crippen LogP contribution in [0.2, 0.25) is 0 Å². The van der Waals surface area contributed by atoms with Gasteiger partial charge in [0.15, 0.2) is 11.5 Å². The maximum absolute atomic E-state index is 12.9. The number of carbonyl (C=O) groups is 1. The number of methoxy groups -OCH3 is 2. The highest BCUT2D eigenvalue weighted by Gasteiger charge is 2.19. The Morgan fingerprint density at radius 1 is 1.17 bits per heavy atom. The predicted octanol–water partition coefficient (Wildman–Crippen LogP) is 4.02. The highest BCUT2D eigenvalue weighted by Crippen LogP contribution is 2.33. The van der Waals surface area contributed by atoms with Crippen LogP contribution in [0.25, 0.3) is 0 Å². The summed E-state index contributed by atoms with van der Waals surface area (Å²) in [5.41, 5.74) is 3.41. The lowest BCUT2D eigenvalue weighted by Gasteiger charge is -2.20. The number of carbonyl (C=O) groups excluding carboxylic acids is 1. The fourth-order valence-electron chi connectivity index (χ4n) is 2.55. The summed E-state index contributed by atoms with van der Waals surface area (Å²) >= 11 is 0. The Bertz CT molecular complexity index is 735. The van der Waals surface area contributed by atoms with E-state index in [4.69, 9.17) is 9.47 Å². The van der Waals surface area contributed by atoms with Crippen molar-refractivity contribution in [3.8, 4) is 11.5 Å². The summed E-state index contributed by atoms with van der Waals surface area (Å²) in [6.07, 6.45) is 2.37. The molecule has 0 unspecified atom stereocenters. The number of hydrogen-bond acceptors (Lipinski definition) is 3. The summed E-state index contributed by atoms with van der Waals surface area (Å²) in [7, 11) is 4.91. The minimum Gasteiger partial charge on any atom is -0.493 e. The van der Waals surface area contributed by atoms with Crippen LogP contribution in [0.1, 0.15) is 21.5 Å². The smallest absolute Gasteiger partial charge is 0.258 e. The number of ether oxygens (including phenoxy) is 2. The molecular weight excluding hydrogens is 302 g/mol. The quantitative estimate of drug-likeness (QED) is 0.753. The summed E-state index contributed by atoms with van der Waals surface area (Å²) in [5, 5.41) is 0. The molecule has 4 heteroatoms. The first-order chi connectivity index (χ1) is 11.5. The molecule has 126 valence electrons. The molecule has 2 rings (SSSR count). The molecule has 1 amide bonds. The Kier molecular flexibility index (Phi) is 5.64. The van der Waals surface area contributed by atoms with Crippen molar-refractivity contribution in [2.45, 2.75) is 13.3 Å². The van der Waals surface area contributed by atoms with Crippen molar-refractivity contribution in [1.29, 1.82) is 0 Å². The van der Waals surface area contributed by atoms with E-state index in [1.165, 1.54) is 0 Å². The lowest BCUT2D eigenvalue weighted by Crippen LogP contribution is -2.26. The highest BCUT2D eigenvalue weighted by molar-refractivity contribution is 6.06. The third-order valence-electron chi connectivity index (χ3n) is 3.89. The average Bonchev–Trinajstić information content (AvgIpc) is 2.60. The van der Waals surface area contributed by atoms with Crippen LogP contribution in [-0.4, -0.2) is 27.2 Å². The van der Waals surface area contributed by atoms with Gasteiger partial charge in [0, 0.05) is 23.9 Å². The van der Waals surface area contributed by atoms with E-state index in [1.54, 1.807) is 38.3 Å². The Labute approximate surface area is 143 Å². The van der Waals surface area contributed by atoms with Gasteiger partial charge in [-0.3, -0.25) is 4.79 Å². The minimum atomic E-state index is -0.106.